The van der Waals surface area contributed by atoms with Crippen molar-refractivity contribution in [2.24, 2.45) is 0 Å². The van der Waals surface area contributed by atoms with E-state index in [-0.39, 0.29) is 11.9 Å². The lowest BCUT2D eigenvalue weighted by atomic mass is 10.2. The van der Waals surface area contributed by atoms with Crippen molar-refractivity contribution in [3.63, 3.8) is 0 Å². The van der Waals surface area contributed by atoms with Gasteiger partial charge in [-0.15, -0.1) is 10.2 Å². The molecule has 0 saturated heterocycles. The standard InChI is InChI=1S/C26H26N8O2/c1-18(2)34-17-29-32-25(34)21-6-3-7-24(30-21)31-26(35)22-13-23-20(15-28-22)8-10-33(23)11-12-36-16-19-5-4-9-27-14-19/h3-10,13-15,17-18H,11-12,16H2,1-2H3,(H,30,31,35). The number of hydrogen-bond donors (Lipinski definition) is 1. The number of carbonyl (C=O) groups excluding carboxylic acids is 1. The number of aromatic nitrogens is 7. The lowest BCUT2D eigenvalue weighted by molar-refractivity contribution is 0.102. The molecule has 10 heteroatoms. The fourth-order valence-corrected chi connectivity index (χ4v) is 3.85. The smallest absolute Gasteiger partial charge is 0.275 e. The molecule has 0 aliphatic rings. The molecule has 1 N–H and O–H groups in total. The van der Waals surface area contributed by atoms with Gasteiger partial charge in [0.2, 0.25) is 0 Å². The van der Waals surface area contributed by atoms with Crippen molar-refractivity contribution in [3.05, 3.63) is 84.8 Å². The fraction of sp³-hybridized carbons (Fsp3) is 0.231. The van der Waals surface area contributed by atoms with E-state index in [0.29, 0.717) is 42.8 Å². The van der Waals surface area contributed by atoms with Crippen LogP contribution >= 0.6 is 0 Å². The summed E-state index contributed by atoms with van der Waals surface area (Å²) in [6, 6.07) is 13.2. The SMILES string of the molecule is CC(C)n1cnnc1-c1cccc(NC(=O)c2cc3c(ccn3CCOCc3cccnc3)cn2)n1. The van der Waals surface area contributed by atoms with E-state index in [2.05, 4.69) is 35.0 Å². The molecule has 1 amide bonds. The molecule has 0 aliphatic carbocycles. The minimum atomic E-state index is -0.340. The van der Waals surface area contributed by atoms with Crippen molar-refractivity contribution in [2.45, 2.75) is 33.0 Å². The normalized spacial score (nSPS) is 11.3. The Morgan fingerprint density at radius 3 is 2.89 bits per heavy atom. The van der Waals surface area contributed by atoms with Crippen LogP contribution in [0.5, 0.6) is 0 Å². The highest BCUT2D eigenvalue weighted by atomic mass is 16.5. The summed E-state index contributed by atoms with van der Waals surface area (Å²) < 4.78 is 9.77. The molecule has 0 aliphatic heterocycles. The Morgan fingerprint density at radius 1 is 1.14 bits per heavy atom. The van der Waals surface area contributed by atoms with Gasteiger partial charge in [0.15, 0.2) is 5.82 Å². The van der Waals surface area contributed by atoms with E-state index in [4.69, 9.17) is 4.74 Å². The van der Waals surface area contributed by atoms with Crippen LogP contribution in [0.1, 0.15) is 35.9 Å². The quantitative estimate of drug-likeness (QED) is 0.314. The molecular weight excluding hydrogens is 456 g/mol. The molecule has 10 nitrogen and oxygen atoms in total. The Bertz CT molecular complexity index is 1480. The van der Waals surface area contributed by atoms with Gasteiger partial charge in [-0.3, -0.25) is 14.8 Å². The van der Waals surface area contributed by atoms with Gasteiger partial charge < -0.3 is 19.2 Å². The number of rotatable bonds is 9. The van der Waals surface area contributed by atoms with E-state index < -0.39 is 0 Å². The van der Waals surface area contributed by atoms with E-state index in [1.807, 2.05) is 54.9 Å². The number of hydrogen-bond acceptors (Lipinski definition) is 7. The van der Waals surface area contributed by atoms with Gasteiger partial charge in [-0.05, 0) is 49.7 Å². The van der Waals surface area contributed by atoms with Crippen LogP contribution in [0.4, 0.5) is 5.82 Å². The van der Waals surface area contributed by atoms with Crippen LogP contribution in [0.3, 0.4) is 0 Å². The lowest BCUT2D eigenvalue weighted by Crippen LogP contribution is -2.15. The summed E-state index contributed by atoms with van der Waals surface area (Å²) in [4.78, 5) is 26.0. The molecule has 0 saturated carbocycles. The second-order valence-corrected chi connectivity index (χ2v) is 8.57. The second-order valence-electron chi connectivity index (χ2n) is 8.57. The molecule has 0 fully saturated rings. The number of carbonyl (C=O) groups is 1. The van der Waals surface area contributed by atoms with Crippen LogP contribution in [-0.4, -0.2) is 46.8 Å². The van der Waals surface area contributed by atoms with E-state index >= 15 is 0 Å². The minimum absolute atomic E-state index is 0.183. The van der Waals surface area contributed by atoms with Crippen molar-refractivity contribution in [1.29, 1.82) is 0 Å². The maximum atomic E-state index is 13.0. The molecule has 5 aromatic rings. The molecule has 0 bridgehead atoms. The maximum Gasteiger partial charge on any atom is 0.275 e. The summed E-state index contributed by atoms with van der Waals surface area (Å²) in [5.74, 6) is 0.716. The van der Waals surface area contributed by atoms with Gasteiger partial charge in [0.1, 0.15) is 23.5 Å². The molecule has 0 atom stereocenters. The van der Waals surface area contributed by atoms with Gasteiger partial charge >= 0.3 is 0 Å². The Hall–Kier alpha value is -4.44. The van der Waals surface area contributed by atoms with Crippen molar-refractivity contribution >= 4 is 22.6 Å². The topological polar surface area (TPSA) is 113 Å². The molecule has 5 aromatic heterocycles. The van der Waals surface area contributed by atoms with Gasteiger partial charge in [-0.25, -0.2) is 4.98 Å². The van der Waals surface area contributed by atoms with E-state index in [9.17, 15) is 4.79 Å². The first-order chi connectivity index (χ1) is 17.6. The third kappa shape index (κ3) is 5.13. The third-order valence-corrected chi connectivity index (χ3v) is 5.71. The highest BCUT2D eigenvalue weighted by Crippen LogP contribution is 2.21. The Morgan fingerprint density at radius 2 is 2.06 bits per heavy atom. The average Bonchev–Trinajstić information content (AvgIpc) is 3.55. The van der Waals surface area contributed by atoms with Crippen molar-refractivity contribution in [1.82, 2.24) is 34.3 Å². The van der Waals surface area contributed by atoms with Crippen molar-refractivity contribution in [3.8, 4) is 11.5 Å². The predicted molar refractivity (Wildman–Crippen MR) is 135 cm³/mol. The second kappa shape index (κ2) is 10.4. The van der Waals surface area contributed by atoms with Crippen LogP contribution in [0, 0.1) is 0 Å². The summed E-state index contributed by atoms with van der Waals surface area (Å²) in [6.45, 7) is 5.77. The number of anilines is 1. The molecule has 0 aromatic carbocycles. The van der Waals surface area contributed by atoms with Crippen molar-refractivity contribution in [2.75, 3.05) is 11.9 Å². The van der Waals surface area contributed by atoms with Gasteiger partial charge in [0, 0.05) is 42.8 Å². The largest absolute Gasteiger partial charge is 0.375 e. The zero-order valence-electron chi connectivity index (χ0n) is 20.1. The molecule has 0 radical (unpaired) electrons. The fourth-order valence-electron chi connectivity index (χ4n) is 3.85. The van der Waals surface area contributed by atoms with Crippen LogP contribution in [0.15, 0.2) is 73.6 Å². The predicted octanol–water partition coefficient (Wildman–Crippen LogP) is 4.13. The molecule has 36 heavy (non-hydrogen) atoms. The van der Waals surface area contributed by atoms with Gasteiger partial charge in [-0.1, -0.05) is 12.1 Å². The number of ether oxygens (including phenoxy) is 1. The molecule has 182 valence electrons. The number of fused-ring (bicyclic) bond motifs is 1. The number of nitrogens with zero attached hydrogens (tertiary/aromatic N) is 7. The Balaban J connectivity index is 1.27. The van der Waals surface area contributed by atoms with Gasteiger partial charge in [-0.2, -0.15) is 0 Å². The lowest BCUT2D eigenvalue weighted by Gasteiger charge is -2.11. The monoisotopic (exact) mass is 482 g/mol. The van der Waals surface area contributed by atoms with E-state index in [1.54, 1.807) is 37.1 Å². The molecule has 0 spiro atoms. The molecule has 5 heterocycles. The van der Waals surface area contributed by atoms with Crippen LogP contribution in [-0.2, 0) is 17.9 Å². The molecule has 5 rings (SSSR count). The minimum Gasteiger partial charge on any atom is -0.375 e. The first-order valence-corrected chi connectivity index (χ1v) is 11.7. The van der Waals surface area contributed by atoms with E-state index in [1.165, 1.54) is 0 Å². The third-order valence-electron chi connectivity index (χ3n) is 5.71. The molecule has 0 unspecified atom stereocenters. The van der Waals surface area contributed by atoms with Gasteiger partial charge in [0.25, 0.3) is 5.91 Å². The van der Waals surface area contributed by atoms with Crippen LogP contribution in [0.25, 0.3) is 22.4 Å². The highest BCUT2D eigenvalue weighted by Gasteiger charge is 2.14. The van der Waals surface area contributed by atoms with Crippen LogP contribution < -0.4 is 5.32 Å². The summed E-state index contributed by atoms with van der Waals surface area (Å²) >= 11 is 0. The zero-order valence-corrected chi connectivity index (χ0v) is 20.1. The van der Waals surface area contributed by atoms with Crippen LogP contribution in [0.2, 0.25) is 0 Å². The Kier molecular flexibility index (Phi) is 6.76. The highest BCUT2D eigenvalue weighted by molar-refractivity contribution is 6.04. The number of nitrogens with one attached hydrogen (secondary N) is 1. The average molecular weight is 483 g/mol. The first-order valence-electron chi connectivity index (χ1n) is 11.7. The zero-order chi connectivity index (χ0) is 24.9. The van der Waals surface area contributed by atoms with Crippen molar-refractivity contribution < 1.29 is 9.53 Å². The van der Waals surface area contributed by atoms with Gasteiger partial charge in [0.05, 0.1) is 18.7 Å². The molecular formula is C26H26N8O2. The summed E-state index contributed by atoms with van der Waals surface area (Å²) in [5.41, 5.74) is 2.87. The Labute approximate surface area is 208 Å². The first kappa shape index (κ1) is 23.3. The number of pyridine rings is 3. The number of amides is 1. The summed E-state index contributed by atoms with van der Waals surface area (Å²) in [7, 11) is 0. The maximum absolute atomic E-state index is 13.0. The summed E-state index contributed by atoms with van der Waals surface area (Å²) in [6.07, 6.45) is 8.87. The summed E-state index contributed by atoms with van der Waals surface area (Å²) in [5, 5.41) is 12.0. The van der Waals surface area contributed by atoms with E-state index in [0.717, 1.165) is 16.5 Å².